The fourth-order valence-corrected chi connectivity index (χ4v) is 6.61. The summed E-state index contributed by atoms with van der Waals surface area (Å²) in [6.45, 7) is 10.2. The maximum absolute atomic E-state index is 12.7. The van der Waals surface area contributed by atoms with Crippen LogP contribution in [0.15, 0.2) is 48.8 Å². The standard InChI is InChI=1S/C31H42N6O/c1-23(2)34-15-12-26(13-16-34)24-7-9-25(10-8-24)27-21-30-29(11-14-32-37(30)22-27)35-17-19-36(20-18-35)31(38)33-28-5-3-4-6-28/h7-11,14,21-23,26,28H,3-6,12-13,15-20H2,1-2H3,(H,33,38). The van der Waals surface area contributed by atoms with E-state index >= 15 is 0 Å². The summed E-state index contributed by atoms with van der Waals surface area (Å²) >= 11 is 0. The number of fused-ring (bicyclic) bond motifs is 1. The Labute approximate surface area is 226 Å². The van der Waals surface area contributed by atoms with Crippen LogP contribution < -0.4 is 10.2 Å². The van der Waals surface area contributed by atoms with Crippen LogP contribution in [0.5, 0.6) is 0 Å². The summed E-state index contributed by atoms with van der Waals surface area (Å²) in [6.07, 6.45) is 11.2. The predicted molar refractivity (Wildman–Crippen MR) is 154 cm³/mol. The van der Waals surface area contributed by atoms with Crippen molar-refractivity contribution in [1.29, 1.82) is 0 Å². The first kappa shape index (κ1) is 25.2. The van der Waals surface area contributed by atoms with E-state index in [0.29, 0.717) is 18.0 Å². The van der Waals surface area contributed by atoms with E-state index in [-0.39, 0.29) is 6.03 Å². The third-order valence-electron chi connectivity index (χ3n) is 9.05. The van der Waals surface area contributed by atoms with E-state index in [1.54, 1.807) is 0 Å². The maximum Gasteiger partial charge on any atom is 0.317 e. The molecular weight excluding hydrogens is 472 g/mol. The number of piperidine rings is 1. The molecule has 3 fully saturated rings. The molecule has 0 atom stereocenters. The number of benzene rings is 1. The first-order valence-electron chi connectivity index (χ1n) is 14.7. The molecule has 2 aliphatic heterocycles. The van der Waals surface area contributed by atoms with Gasteiger partial charge >= 0.3 is 6.03 Å². The average molecular weight is 515 g/mol. The van der Waals surface area contributed by atoms with Gasteiger partial charge < -0.3 is 20.0 Å². The summed E-state index contributed by atoms with van der Waals surface area (Å²) in [5.74, 6) is 0.666. The molecule has 7 heteroatoms. The van der Waals surface area contributed by atoms with Gasteiger partial charge in [-0.05, 0) is 81.8 Å². The number of anilines is 1. The van der Waals surface area contributed by atoms with Gasteiger partial charge in [0.15, 0.2) is 0 Å². The zero-order valence-electron chi connectivity index (χ0n) is 23.0. The van der Waals surface area contributed by atoms with E-state index in [2.05, 4.69) is 76.7 Å². The number of aromatic nitrogens is 2. The van der Waals surface area contributed by atoms with Crippen LogP contribution in [0.4, 0.5) is 10.5 Å². The Morgan fingerprint density at radius 3 is 2.29 bits per heavy atom. The first-order chi connectivity index (χ1) is 18.5. The van der Waals surface area contributed by atoms with Crippen LogP contribution >= 0.6 is 0 Å². The number of carbonyl (C=O) groups excluding carboxylic acids is 1. The number of hydrogen-bond donors (Lipinski definition) is 1. The lowest BCUT2D eigenvalue weighted by Gasteiger charge is -2.36. The lowest BCUT2D eigenvalue weighted by atomic mass is 9.88. The van der Waals surface area contributed by atoms with Crippen LogP contribution in [0.1, 0.15) is 63.9 Å². The molecule has 0 spiro atoms. The van der Waals surface area contributed by atoms with Crippen LogP contribution in [0.3, 0.4) is 0 Å². The molecule has 1 aromatic carbocycles. The molecule has 38 heavy (non-hydrogen) atoms. The van der Waals surface area contributed by atoms with Gasteiger partial charge in [0.05, 0.1) is 11.2 Å². The molecule has 1 aliphatic carbocycles. The molecule has 1 saturated carbocycles. The Balaban J connectivity index is 1.12. The highest BCUT2D eigenvalue weighted by Gasteiger charge is 2.26. The Kier molecular flexibility index (Phi) is 7.28. The fraction of sp³-hybridized carbons (Fsp3) is 0.548. The fourth-order valence-electron chi connectivity index (χ4n) is 6.61. The van der Waals surface area contributed by atoms with E-state index in [1.165, 1.54) is 61.2 Å². The predicted octanol–water partition coefficient (Wildman–Crippen LogP) is 5.36. The highest BCUT2D eigenvalue weighted by Crippen LogP contribution is 2.32. The summed E-state index contributed by atoms with van der Waals surface area (Å²) in [7, 11) is 0. The highest BCUT2D eigenvalue weighted by atomic mass is 16.2. The van der Waals surface area contributed by atoms with Crippen LogP contribution in [0, 0.1) is 0 Å². The molecule has 0 bridgehead atoms. The molecular formula is C31H42N6O. The lowest BCUT2D eigenvalue weighted by Crippen LogP contribution is -2.53. The third-order valence-corrected chi connectivity index (χ3v) is 9.05. The number of carbonyl (C=O) groups is 1. The minimum Gasteiger partial charge on any atom is -0.366 e. The Bertz CT molecular complexity index is 1230. The summed E-state index contributed by atoms with van der Waals surface area (Å²) in [4.78, 5) is 19.7. The quantitative estimate of drug-likeness (QED) is 0.498. The number of amides is 2. The smallest absolute Gasteiger partial charge is 0.317 e. The van der Waals surface area contributed by atoms with Gasteiger partial charge in [-0.25, -0.2) is 9.31 Å². The number of urea groups is 1. The summed E-state index contributed by atoms with van der Waals surface area (Å²) in [6, 6.07) is 14.7. The van der Waals surface area contributed by atoms with Gasteiger partial charge in [0.2, 0.25) is 0 Å². The van der Waals surface area contributed by atoms with Gasteiger partial charge in [0.1, 0.15) is 0 Å². The van der Waals surface area contributed by atoms with Crippen LogP contribution in [0.25, 0.3) is 16.6 Å². The molecule has 0 radical (unpaired) electrons. The molecule has 7 nitrogen and oxygen atoms in total. The minimum atomic E-state index is 0.107. The monoisotopic (exact) mass is 514 g/mol. The van der Waals surface area contributed by atoms with E-state index < -0.39 is 0 Å². The molecule has 4 heterocycles. The number of nitrogens with zero attached hydrogens (tertiary/aromatic N) is 5. The molecule has 2 amide bonds. The Hall–Kier alpha value is -3.06. The Morgan fingerprint density at radius 2 is 1.61 bits per heavy atom. The van der Waals surface area contributed by atoms with Crippen molar-refractivity contribution in [2.45, 2.75) is 70.4 Å². The second-order valence-electron chi connectivity index (χ2n) is 11.7. The van der Waals surface area contributed by atoms with Crippen molar-refractivity contribution >= 4 is 17.2 Å². The van der Waals surface area contributed by atoms with Gasteiger partial charge in [-0.1, -0.05) is 37.1 Å². The number of hydrogen-bond acceptors (Lipinski definition) is 4. The van der Waals surface area contributed by atoms with Crippen LogP contribution in [-0.2, 0) is 0 Å². The van der Waals surface area contributed by atoms with Crippen molar-refractivity contribution in [2.24, 2.45) is 0 Å². The van der Waals surface area contributed by atoms with Gasteiger partial charge in [-0.3, -0.25) is 0 Å². The number of nitrogens with one attached hydrogen (secondary N) is 1. The van der Waals surface area contributed by atoms with Crippen molar-refractivity contribution in [3.8, 4) is 11.1 Å². The first-order valence-corrected chi connectivity index (χ1v) is 14.7. The second-order valence-corrected chi connectivity index (χ2v) is 11.7. The highest BCUT2D eigenvalue weighted by molar-refractivity contribution is 5.80. The topological polar surface area (TPSA) is 56.1 Å². The van der Waals surface area contributed by atoms with Gasteiger partial charge in [-0.2, -0.15) is 5.10 Å². The largest absolute Gasteiger partial charge is 0.366 e. The molecule has 2 saturated heterocycles. The molecule has 202 valence electrons. The van der Waals surface area contributed by atoms with Crippen LogP contribution in [0.2, 0.25) is 0 Å². The zero-order valence-corrected chi connectivity index (χ0v) is 23.0. The average Bonchev–Trinajstić information content (AvgIpc) is 3.63. The van der Waals surface area contributed by atoms with Crippen molar-refractivity contribution in [1.82, 2.24) is 24.7 Å². The molecule has 0 unspecified atom stereocenters. The van der Waals surface area contributed by atoms with Gasteiger partial charge in [0.25, 0.3) is 0 Å². The summed E-state index contributed by atoms with van der Waals surface area (Å²) in [5.41, 5.74) is 6.21. The van der Waals surface area contributed by atoms with Gasteiger partial charge in [-0.15, -0.1) is 0 Å². The molecule has 2 aromatic heterocycles. The number of piperazine rings is 1. The molecule has 6 rings (SSSR count). The molecule has 3 aliphatic rings. The summed E-state index contributed by atoms with van der Waals surface area (Å²) in [5, 5.41) is 7.84. The van der Waals surface area contributed by atoms with E-state index in [4.69, 9.17) is 0 Å². The molecule has 3 aromatic rings. The third kappa shape index (κ3) is 5.26. The number of likely N-dealkylation sites (tertiary alicyclic amines) is 1. The van der Waals surface area contributed by atoms with E-state index in [9.17, 15) is 4.79 Å². The Morgan fingerprint density at radius 1 is 0.895 bits per heavy atom. The molecule has 1 N–H and O–H groups in total. The van der Waals surface area contributed by atoms with Crippen molar-refractivity contribution in [3.05, 3.63) is 54.4 Å². The lowest BCUT2D eigenvalue weighted by molar-refractivity contribution is 0.172. The summed E-state index contributed by atoms with van der Waals surface area (Å²) < 4.78 is 2.00. The van der Waals surface area contributed by atoms with Crippen LogP contribution in [-0.4, -0.2) is 76.8 Å². The van der Waals surface area contributed by atoms with Gasteiger partial charge in [0, 0.05) is 56.2 Å². The van der Waals surface area contributed by atoms with Crippen molar-refractivity contribution in [2.75, 3.05) is 44.2 Å². The SMILES string of the molecule is CC(C)N1CCC(c2ccc(-c3cc4c(N5CCN(C(=O)NC6CCCC6)CC5)ccnn4c3)cc2)CC1. The second kappa shape index (κ2) is 11.0. The maximum atomic E-state index is 12.7. The van der Waals surface area contributed by atoms with E-state index in [0.717, 1.165) is 44.5 Å². The van der Waals surface area contributed by atoms with Crippen molar-refractivity contribution < 1.29 is 4.79 Å². The number of rotatable bonds is 5. The van der Waals surface area contributed by atoms with Crippen molar-refractivity contribution in [3.63, 3.8) is 0 Å². The minimum absolute atomic E-state index is 0.107. The normalized spacial score (nSPS) is 20.1. The zero-order chi connectivity index (χ0) is 26.1. The van der Waals surface area contributed by atoms with E-state index in [1.807, 2.05) is 15.6 Å².